The molecule has 27 heavy (non-hydrogen) atoms. The highest BCUT2D eigenvalue weighted by Crippen LogP contribution is 2.29. The number of ether oxygens (including phenoxy) is 1. The van der Waals surface area contributed by atoms with Crippen molar-refractivity contribution in [2.45, 2.75) is 44.8 Å². The Labute approximate surface area is 158 Å². The van der Waals surface area contributed by atoms with Gasteiger partial charge in [-0.2, -0.15) is 0 Å². The molecule has 4 rings (SSSR count). The molecule has 1 N–H and O–H groups in total. The first-order chi connectivity index (χ1) is 13.2. The van der Waals surface area contributed by atoms with Gasteiger partial charge in [-0.3, -0.25) is 14.8 Å². The molecule has 5 nitrogen and oxygen atoms in total. The van der Waals surface area contributed by atoms with Crippen LogP contribution in [0, 0.1) is 6.92 Å². The smallest absolute Gasteiger partial charge is 0.251 e. The number of carbonyl (C=O) groups excluding carboxylic acids is 1. The molecule has 0 unspecified atom stereocenters. The molecule has 5 heteroatoms. The molecule has 2 aromatic heterocycles. The lowest BCUT2D eigenvalue weighted by Gasteiger charge is -2.30. The molecular formula is C22H23N3O2. The maximum atomic E-state index is 12.5. The Balaban J connectivity index is 1.35. The van der Waals surface area contributed by atoms with Crippen molar-refractivity contribution < 1.29 is 9.53 Å². The average molecular weight is 361 g/mol. The van der Waals surface area contributed by atoms with E-state index in [9.17, 15) is 4.79 Å². The predicted octanol–water partition coefficient (Wildman–Crippen LogP) is 4.06. The molecule has 0 atom stereocenters. The molecule has 0 bridgehead atoms. The zero-order valence-corrected chi connectivity index (χ0v) is 15.4. The Morgan fingerprint density at radius 1 is 1.04 bits per heavy atom. The van der Waals surface area contributed by atoms with E-state index in [0.717, 1.165) is 47.8 Å². The highest BCUT2D eigenvalue weighted by Gasteiger charge is 2.24. The van der Waals surface area contributed by atoms with E-state index < -0.39 is 0 Å². The van der Waals surface area contributed by atoms with Crippen molar-refractivity contribution in [3.05, 3.63) is 66.2 Å². The minimum atomic E-state index is -0.0131. The zero-order valence-electron chi connectivity index (χ0n) is 15.4. The van der Waals surface area contributed by atoms with Crippen molar-refractivity contribution in [2.24, 2.45) is 0 Å². The van der Waals surface area contributed by atoms with Crippen molar-refractivity contribution in [3.8, 4) is 5.75 Å². The van der Waals surface area contributed by atoms with Crippen molar-refractivity contribution in [3.63, 3.8) is 0 Å². The number of amides is 1. The number of pyridine rings is 2. The second-order valence-electron chi connectivity index (χ2n) is 7.11. The molecule has 138 valence electrons. The molecule has 1 aromatic carbocycles. The van der Waals surface area contributed by atoms with Gasteiger partial charge in [-0.05, 0) is 56.4 Å². The highest BCUT2D eigenvalue weighted by molar-refractivity contribution is 5.95. The summed E-state index contributed by atoms with van der Waals surface area (Å²) in [5.41, 5.74) is 1.60. The summed E-state index contributed by atoms with van der Waals surface area (Å²) < 4.78 is 6.28. The van der Waals surface area contributed by atoms with Gasteiger partial charge >= 0.3 is 0 Å². The molecule has 0 aliphatic heterocycles. The van der Waals surface area contributed by atoms with E-state index in [-0.39, 0.29) is 18.1 Å². The van der Waals surface area contributed by atoms with E-state index in [0.29, 0.717) is 5.56 Å². The minimum Gasteiger partial charge on any atom is -0.490 e. The summed E-state index contributed by atoms with van der Waals surface area (Å²) in [6.45, 7) is 1.91. The Hall–Kier alpha value is -2.95. The summed E-state index contributed by atoms with van der Waals surface area (Å²) in [6, 6.07) is 10.0. The van der Waals surface area contributed by atoms with Crippen molar-refractivity contribution in [1.82, 2.24) is 15.3 Å². The largest absolute Gasteiger partial charge is 0.490 e. The van der Waals surface area contributed by atoms with E-state index in [2.05, 4.69) is 15.3 Å². The van der Waals surface area contributed by atoms with Crippen LogP contribution >= 0.6 is 0 Å². The van der Waals surface area contributed by atoms with Gasteiger partial charge in [0.15, 0.2) is 0 Å². The summed E-state index contributed by atoms with van der Waals surface area (Å²) >= 11 is 0. The average Bonchev–Trinajstić information content (AvgIpc) is 2.70. The molecule has 3 aromatic rings. The van der Waals surface area contributed by atoms with Crippen LogP contribution in [0.1, 0.15) is 41.6 Å². The number of fused-ring (bicyclic) bond motifs is 1. The molecule has 0 spiro atoms. The van der Waals surface area contributed by atoms with Crippen molar-refractivity contribution in [1.29, 1.82) is 0 Å². The summed E-state index contributed by atoms with van der Waals surface area (Å²) in [6.07, 6.45) is 10.9. The third kappa shape index (κ3) is 3.92. The fraction of sp³-hybridized carbons (Fsp3) is 0.318. The first-order valence-corrected chi connectivity index (χ1v) is 9.41. The topological polar surface area (TPSA) is 64.1 Å². The standard InChI is InChI=1S/C22H23N3O2/c1-15-13-23-11-9-19(15)22(26)25-17-5-7-18(8-6-17)27-21-4-2-3-16-14-24-12-10-20(16)21/h2-4,9-14,17-18H,5-8H2,1H3,(H,25,26). The molecule has 0 saturated heterocycles. The van der Waals surface area contributed by atoms with Gasteiger partial charge in [0.05, 0.1) is 6.10 Å². The first-order valence-electron chi connectivity index (χ1n) is 9.41. The van der Waals surface area contributed by atoms with Gasteiger partial charge in [-0.15, -0.1) is 0 Å². The van der Waals surface area contributed by atoms with Crippen molar-refractivity contribution >= 4 is 16.7 Å². The third-order valence-electron chi connectivity index (χ3n) is 5.21. The minimum absolute atomic E-state index is 0.0131. The van der Waals surface area contributed by atoms with Crippen LogP contribution in [-0.2, 0) is 0 Å². The summed E-state index contributed by atoms with van der Waals surface area (Å²) in [7, 11) is 0. The van der Waals surface area contributed by atoms with E-state index in [4.69, 9.17) is 4.74 Å². The Morgan fingerprint density at radius 3 is 2.63 bits per heavy atom. The van der Waals surface area contributed by atoms with Crippen LogP contribution in [0.4, 0.5) is 0 Å². The number of nitrogens with one attached hydrogen (secondary N) is 1. The second kappa shape index (κ2) is 7.74. The summed E-state index contributed by atoms with van der Waals surface area (Å²) in [5.74, 6) is 0.899. The highest BCUT2D eigenvalue weighted by atomic mass is 16.5. The van der Waals surface area contributed by atoms with Crippen LogP contribution in [0.15, 0.2) is 55.1 Å². The fourth-order valence-corrected chi connectivity index (χ4v) is 3.69. The monoisotopic (exact) mass is 361 g/mol. The second-order valence-corrected chi connectivity index (χ2v) is 7.11. The normalized spacial score (nSPS) is 19.6. The maximum Gasteiger partial charge on any atom is 0.251 e. The lowest BCUT2D eigenvalue weighted by atomic mass is 9.92. The molecule has 1 amide bonds. The number of benzene rings is 1. The fourth-order valence-electron chi connectivity index (χ4n) is 3.69. The predicted molar refractivity (Wildman–Crippen MR) is 105 cm³/mol. The van der Waals surface area contributed by atoms with Crippen LogP contribution in [0.25, 0.3) is 10.8 Å². The van der Waals surface area contributed by atoms with E-state index in [1.54, 1.807) is 24.7 Å². The van der Waals surface area contributed by atoms with Crippen LogP contribution in [0.5, 0.6) is 5.75 Å². The number of rotatable bonds is 4. The Morgan fingerprint density at radius 2 is 1.81 bits per heavy atom. The lowest BCUT2D eigenvalue weighted by Crippen LogP contribution is -2.40. The van der Waals surface area contributed by atoms with Crippen LogP contribution in [0.2, 0.25) is 0 Å². The summed E-state index contributed by atoms with van der Waals surface area (Å²) in [5, 5.41) is 5.34. The maximum absolute atomic E-state index is 12.5. The summed E-state index contributed by atoms with van der Waals surface area (Å²) in [4.78, 5) is 20.7. The zero-order chi connectivity index (χ0) is 18.6. The quantitative estimate of drug-likeness (QED) is 0.761. The van der Waals surface area contributed by atoms with Gasteiger partial charge in [0.2, 0.25) is 0 Å². The van der Waals surface area contributed by atoms with Gasteiger partial charge < -0.3 is 10.1 Å². The lowest BCUT2D eigenvalue weighted by molar-refractivity contribution is 0.0894. The van der Waals surface area contributed by atoms with Crippen LogP contribution in [0.3, 0.4) is 0 Å². The van der Waals surface area contributed by atoms with Gasteiger partial charge in [0.25, 0.3) is 5.91 Å². The van der Waals surface area contributed by atoms with E-state index in [1.165, 1.54) is 0 Å². The number of aromatic nitrogens is 2. The van der Waals surface area contributed by atoms with E-state index in [1.807, 2.05) is 37.4 Å². The van der Waals surface area contributed by atoms with Gasteiger partial charge in [0.1, 0.15) is 5.75 Å². The molecule has 1 aliphatic carbocycles. The SMILES string of the molecule is Cc1cnccc1C(=O)NC1CCC(Oc2cccc3cnccc23)CC1. The molecule has 1 saturated carbocycles. The van der Waals surface area contributed by atoms with Crippen LogP contribution in [-0.4, -0.2) is 28.0 Å². The number of hydrogen-bond acceptors (Lipinski definition) is 4. The Bertz CT molecular complexity index is 944. The van der Waals surface area contributed by atoms with Crippen LogP contribution < -0.4 is 10.1 Å². The molecule has 0 radical (unpaired) electrons. The number of hydrogen-bond donors (Lipinski definition) is 1. The number of nitrogens with zero attached hydrogens (tertiary/aromatic N) is 2. The molecular weight excluding hydrogens is 338 g/mol. The van der Waals surface area contributed by atoms with Crippen molar-refractivity contribution in [2.75, 3.05) is 0 Å². The van der Waals surface area contributed by atoms with Gasteiger partial charge in [-0.25, -0.2) is 0 Å². The molecule has 1 aliphatic rings. The third-order valence-corrected chi connectivity index (χ3v) is 5.21. The number of carbonyl (C=O) groups is 1. The number of aryl methyl sites for hydroxylation is 1. The van der Waals surface area contributed by atoms with Gasteiger partial charge in [-0.1, -0.05) is 12.1 Å². The van der Waals surface area contributed by atoms with E-state index >= 15 is 0 Å². The first kappa shape index (κ1) is 17.5. The molecule has 1 fully saturated rings. The van der Waals surface area contributed by atoms with Gasteiger partial charge in [0, 0.05) is 47.2 Å². The molecule has 2 heterocycles. The Kier molecular flexibility index (Phi) is 5.01.